The molecule has 1 aromatic carbocycles. The van der Waals surface area contributed by atoms with Gasteiger partial charge in [0.15, 0.2) is 0 Å². The fourth-order valence-electron chi connectivity index (χ4n) is 2.86. The smallest absolute Gasteiger partial charge is 0.313 e. The molecule has 1 heterocycles. The van der Waals surface area contributed by atoms with Crippen molar-refractivity contribution in [1.82, 2.24) is 15.5 Å². The van der Waals surface area contributed by atoms with Crippen molar-refractivity contribution in [3.05, 3.63) is 29.8 Å². The van der Waals surface area contributed by atoms with Gasteiger partial charge in [0.05, 0.1) is 19.6 Å². The number of amides is 3. The number of nitrogens with zero attached hydrogens (tertiary/aromatic N) is 1. The number of carbonyl (C=O) groups is 3. The summed E-state index contributed by atoms with van der Waals surface area (Å²) in [4.78, 5) is 37.9. The summed E-state index contributed by atoms with van der Waals surface area (Å²) in [5.41, 5.74) is 1.35. The van der Waals surface area contributed by atoms with Crippen LogP contribution in [0.15, 0.2) is 24.3 Å². The van der Waals surface area contributed by atoms with Gasteiger partial charge in [0, 0.05) is 31.4 Å². The lowest BCUT2D eigenvalue weighted by molar-refractivity contribution is -0.136. The summed E-state index contributed by atoms with van der Waals surface area (Å²) in [7, 11) is 0. The molecular weight excluding hydrogens is 360 g/mol. The zero-order valence-electron chi connectivity index (χ0n) is 16.6. The van der Waals surface area contributed by atoms with Crippen molar-refractivity contribution in [3.8, 4) is 0 Å². The molecule has 8 nitrogen and oxygen atoms in total. The first-order chi connectivity index (χ1) is 13.4. The molecule has 1 aliphatic rings. The predicted molar refractivity (Wildman–Crippen MR) is 107 cm³/mol. The van der Waals surface area contributed by atoms with Crippen molar-refractivity contribution in [3.63, 3.8) is 0 Å². The molecule has 2 rings (SSSR count). The van der Waals surface area contributed by atoms with E-state index in [1.165, 1.54) is 0 Å². The maximum atomic E-state index is 12.0. The number of hydrogen-bond donors (Lipinski definition) is 3. The molecular formula is C20H30N4O4. The van der Waals surface area contributed by atoms with Gasteiger partial charge in [-0.15, -0.1) is 0 Å². The molecule has 1 fully saturated rings. The lowest BCUT2D eigenvalue weighted by Crippen LogP contribution is -2.39. The van der Waals surface area contributed by atoms with E-state index in [2.05, 4.69) is 20.9 Å². The van der Waals surface area contributed by atoms with Gasteiger partial charge < -0.3 is 20.7 Å². The summed E-state index contributed by atoms with van der Waals surface area (Å²) < 4.78 is 5.29. The summed E-state index contributed by atoms with van der Waals surface area (Å²) in [5, 5.41) is 8.03. The molecule has 0 radical (unpaired) electrons. The number of anilines is 1. The van der Waals surface area contributed by atoms with Crippen LogP contribution in [0.25, 0.3) is 0 Å². The van der Waals surface area contributed by atoms with E-state index >= 15 is 0 Å². The van der Waals surface area contributed by atoms with Gasteiger partial charge >= 0.3 is 11.8 Å². The van der Waals surface area contributed by atoms with Crippen molar-refractivity contribution >= 4 is 23.4 Å². The van der Waals surface area contributed by atoms with Gasteiger partial charge in [-0.2, -0.15) is 0 Å². The van der Waals surface area contributed by atoms with Crippen molar-refractivity contribution in [1.29, 1.82) is 0 Å². The Morgan fingerprint density at radius 3 is 2.39 bits per heavy atom. The monoisotopic (exact) mass is 390 g/mol. The minimum atomic E-state index is -0.698. The Balaban J connectivity index is 1.68. The fraction of sp³-hybridized carbons (Fsp3) is 0.550. The summed E-state index contributed by atoms with van der Waals surface area (Å²) in [5.74, 6) is -1.40. The quantitative estimate of drug-likeness (QED) is 0.444. The first-order valence-corrected chi connectivity index (χ1v) is 9.71. The fourth-order valence-corrected chi connectivity index (χ4v) is 2.86. The average molecular weight is 390 g/mol. The summed E-state index contributed by atoms with van der Waals surface area (Å²) in [6, 6.07) is 6.98. The van der Waals surface area contributed by atoms with Crippen molar-refractivity contribution in [2.75, 3.05) is 44.7 Å². The maximum Gasteiger partial charge on any atom is 0.313 e. The molecule has 1 saturated heterocycles. The highest BCUT2D eigenvalue weighted by Gasteiger charge is 2.14. The molecule has 0 bridgehead atoms. The Morgan fingerprint density at radius 2 is 1.75 bits per heavy atom. The third kappa shape index (κ3) is 8.06. The van der Waals surface area contributed by atoms with Crippen LogP contribution in [-0.2, 0) is 25.5 Å². The molecule has 0 aromatic heterocycles. The van der Waals surface area contributed by atoms with Gasteiger partial charge in [-0.3, -0.25) is 19.3 Å². The molecule has 1 aliphatic heterocycles. The van der Waals surface area contributed by atoms with Crippen molar-refractivity contribution < 1.29 is 19.1 Å². The molecule has 3 N–H and O–H groups in total. The highest BCUT2D eigenvalue weighted by Crippen LogP contribution is 2.10. The molecule has 0 spiro atoms. The van der Waals surface area contributed by atoms with Crippen LogP contribution in [-0.4, -0.2) is 68.1 Å². The number of carbonyl (C=O) groups excluding carboxylic acids is 3. The Kier molecular flexibility index (Phi) is 8.90. The van der Waals surface area contributed by atoms with Crippen LogP contribution in [0.2, 0.25) is 0 Å². The second-order valence-electron chi connectivity index (χ2n) is 7.11. The van der Waals surface area contributed by atoms with Crippen molar-refractivity contribution in [2.24, 2.45) is 0 Å². The van der Waals surface area contributed by atoms with Crippen LogP contribution in [0.4, 0.5) is 5.69 Å². The Labute approximate surface area is 166 Å². The first kappa shape index (κ1) is 21.8. The summed E-state index contributed by atoms with van der Waals surface area (Å²) in [6.07, 6.45) is 1.06. The largest absolute Gasteiger partial charge is 0.379 e. The zero-order chi connectivity index (χ0) is 20.4. The van der Waals surface area contributed by atoms with Crippen LogP contribution < -0.4 is 16.0 Å². The van der Waals surface area contributed by atoms with Gasteiger partial charge in [-0.1, -0.05) is 12.1 Å². The van der Waals surface area contributed by atoms with E-state index < -0.39 is 11.8 Å². The number of nitrogens with one attached hydrogen (secondary N) is 3. The summed E-state index contributed by atoms with van der Waals surface area (Å²) in [6.45, 7) is 8.44. The molecule has 0 aliphatic carbocycles. The zero-order valence-corrected chi connectivity index (χ0v) is 16.6. The normalized spacial score (nSPS) is 14.5. The second-order valence-corrected chi connectivity index (χ2v) is 7.11. The molecule has 1 aromatic rings. The van der Waals surface area contributed by atoms with Gasteiger partial charge in [0.1, 0.15) is 0 Å². The lowest BCUT2D eigenvalue weighted by atomic mass is 10.1. The Hall–Kier alpha value is -2.45. The molecule has 154 valence electrons. The van der Waals surface area contributed by atoms with Crippen LogP contribution >= 0.6 is 0 Å². The molecule has 3 amide bonds. The Bertz CT molecular complexity index is 655. The van der Waals surface area contributed by atoms with E-state index in [9.17, 15) is 14.4 Å². The van der Waals surface area contributed by atoms with E-state index in [0.29, 0.717) is 12.2 Å². The third-order valence-electron chi connectivity index (χ3n) is 4.27. The van der Waals surface area contributed by atoms with Crippen molar-refractivity contribution in [2.45, 2.75) is 32.7 Å². The molecule has 0 saturated carbocycles. The number of morpholine rings is 1. The first-order valence-electron chi connectivity index (χ1n) is 9.71. The van der Waals surface area contributed by atoms with Crippen LogP contribution in [0, 0.1) is 0 Å². The van der Waals surface area contributed by atoms with E-state index in [1.807, 2.05) is 13.8 Å². The minimum Gasteiger partial charge on any atom is -0.379 e. The van der Waals surface area contributed by atoms with Gasteiger partial charge in [0.2, 0.25) is 5.91 Å². The van der Waals surface area contributed by atoms with E-state index in [4.69, 9.17) is 4.74 Å². The molecule has 0 atom stereocenters. The van der Waals surface area contributed by atoms with Crippen LogP contribution in [0.1, 0.15) is 25.8 Å². The van der Waals surface area contributed by atoms with Gasteiger partial charge in [-0.25, -0.2) is 0 Å². The van der Waals surface area contributed by atoms with Crippen LogP contribution in [0.5, 0.6) is 0 Å². The van der Waals surface area contributed by atoms with E-state index in [1.54, 1.807) is 24.3 Å². The SMILES string of the molecule is CC(C)NC(=O)Cc1ccc(NC(=O)C(=O)NCCCN2CCOCC2)cc1. The Morgan fingerprint density at radius 1 is 1.07 bits per heavy atom. The summed E-state index contributed by atoms with van der Waals surface area (Å²) >= 11 is 0. The highest BCUT2D eigenvalue weighted by atomic mass is 16.5. The van der Waals surface area contributed by atoms with Gasteiger partial charge in [0.25, 0.3) is 0 Å². The second kappa shape index (κ2) is 11.4. The minimum absolute atomic E-state index is 0.0526. The number of hydrogen-bond acceptors (Lipinski definition) is 5. The third-order valence-corrected chi connectivity index (χ3v) is 4.27. The highest BCUT2D eigenvalue weighted by molar-refractivity contribution is 6.39. The average Bonchev–Trinajstić information content (AvgIpc) is 2.66. The van der Waals surface area contributed by atoms with Gasteiger partial charge in [-0.05, 0) is 44.5 Å². The predicted octanol–water partition coefficient (Wildman–Crippen LogP) is 0.531. The molecule has 28 heavy (non-hydrogen) atoms. The van der Waals surface area contributed by atoms with E-state index in [-0.39, 0.29) is 18.4 Å². The number of ether oxygens (including phenoxy) is 1. The number of benzene rings is 1. The molecule has 0 unspecified atom stereocenters. The van der Waals surface area contributed by atoms with Crippen LogP contribution in [0.3, 0.4) is 0 Å². The topological polar surface area (TPSA) is 99.8 Å². The number of rotatable bonds is 8. The lowest BCUT2D eigenvalue weighted by Gasteiger charge is -2.26. The molecule has 8 heteroatoms. The maximum absolute atomic E-state index is 12.0. The van der Waals surface area contributed by atoms with E-state index in [0.717, 1.165) is 44.8 Å². The standard InChI is InChI=1S/C20H30N4O4/c1-15(2)22-18(25)14-16-4-6-17(7-5-16)23-20(27)19(26)21-8-3-9-24-10-12-28-13-11-24/h4-7,15H,3,8-14H2,1-2H3,(H,21,26)(H,22,25)(H,23,27).